The number of hydrogen-bond acceptors (Lipinski definition) is 3. The molecule has 2 amide bonds. The van der Waals surface area contributed by atoms with E-state index in [4.69, 9.17) is 0 Å². The van der Waals surface area contributed by atoms with Crippen molar-refractivity contribution in [2.45, 2.75) is 13.5 Å². The fourth-order valence-electron chi connectivity index (χ4n) is 2.00. The van der Waals surface area contributed by atoms with E-state index in [1.807, 2.05) is 62.3 Å². The minimum Gasteiger partial charge on any atom is -0.378 e. The summed E-state index contributed by atoms with van der Waals surface area (Å²) in [5.74, 6) is -1.32. The molecule has 0 unspecified atom stereocenters. The van der Waals surface area contributed by atoms with Crippen LogP contribution < -0.4 is 15.5 Å². The molecule has 0 aromatic heterocycles. The van der Waals surface area contributed by atoms with Crippen molar-refractivity contribution < 1.29 is 9.59 Å². The maximum absolute atomic E-state index is 11.9. The van der Waals surface area contributed by atoms with E-state index in [0.29, 0.717) is 12.2 Å². The molecule has 0 bridgehead atoms. The van der Waals surface area contributed by atoms with Crippen LogP contribution in [0.25, 0.3) is 0 Å². The third kappa shape index (κ3) is 4.85. The number of anilines is 2. The zero-order valence-corrected chi connectivity index (χ0v) is 13.6. The molecule has 2 aromatic rings. The van der Waals surface area contributed by atoms with Crippen molar-refractivity contribution >= 4 is 23.2 Å². The highest BCUT2D eigenvalue weighted by Gasteiger charge is 2.13. The van der Waals surface area contributed by atoms with Crippen LogP contribution in [0.4, 0.5) is 11.4 Å². The van der Waals surface area contributed by atoms with Crippen LogP contribution >= 0.6 is 0 Å². The predicted molar refractivity (Wildman–Crippen MR) is 92.4 cm³/mol. The van der Waals surface area contributed by atoms with Gasteiger partial charge in [-0.15, -0.1) is 0 Å². The molecule has 0 spiro atoms. The average molecular weight is 311 g/mol. The van der Waals surface area contributed by atoms with Gasteiger partial charge in [0.1, 0.15) is 0 Å². The Morgan fingerprint density at radius 2 is 1.52 bits per heavy atom. The summed E-state index contributed by atoms with van der Waals surface area (Å²) >= 11 is 0. The molecule has 0 aliphatic rings. The van der Waals surface area contributed by atoms with Crippen molar-refractivity contribution in [3.63, 3.8) is 0 Å². The summed E-state index contributed by atoms with van der Waals surface area (Å²) in [4.78, 5) is 25.7. The molecule has 120 valence electrons. The van der Waals surface area contributed by atoms with Crippen LogP contribution in [0.3, 0.4) is 0 Å². The van der Waals surface area contributed by atoms with Crippen molar-refractivity contribution in [3.8, 4) is 0 Å². The average Bonchev–Trinajstić information content (AvgIpc) is 2.54. The molecule has 0 fully saturated rings. The highest BCUT2D eigenvalue weighted by Crippen LogP contribution is 2.15. The van der Waals surface area contributed by atoms with E-state index < -0.39 is 11.8 Å². The molecule has 0 heterocycles. The molecule has 5 nitrogen and oxygen atoms in total. The summed E-state index contributed by atoms with van der Waals surface area (Å²) in [5, 5.41) is 5.19. The van der Waals surface area contributed by atoms with Crippen LogP contribution in [0, 0.1) is 6.92 Å². The Morgan fingerprint density at radius 3 is 2.09 bits per heavy atom. The van der Waals surface area contributed by atoms with Crippen molar-refractivity contribution in [3.05, 3.63) is 59.7 Å². The second-order valence-corrected chi connectivity index (χ2v) is 5.56. The first kappa shape index (κ1) is 16.5. The Morgan fingerprint density at radius 1 is 0.913 bits per heavy atom. The number of nitrogens with zero attached hydrogens (tertiary/aromatic N) is 1. The Hall–Kier alpha value is -2.82. The minimum absolute atomic E-state index is 0.325. The van der Waals surface area contributed by atoms with E-state index in [-0.39, 0.29) is 0 Å². The van der Waals surface area contributed by atoms with Crippen molar-refractivity contribution in [2.75, 3.05) is 24.3 Å². The zero-order chi connectivity index (χ0) is 16.8. The van der Waals surface area contributed by atoms with Crippen LogP contribution in [-0.4, -0.2) is 25.9 Å². The lowest BCUT2D eigenvalue weighted by molar-refractivity contribution is -0.136. The molecule has 2 rings (SSSR count). The molecular formula is C18H21N3O2. The molecular weight excluding hydrogens is 290 g/mol. The van der Waals surface area contributed by atoms with Gasteiger partial charge in [0.25, 0.3) is 0 Å². The van der Waals surface area contributed by atoms with Crippen LogP contribution in [0.5, 0.6) is 0 Å². The zero-order valence-electron chi connectivity index (χ0n) is 13.6. The van der Waals surface area contributed by atoms with Gasteiger partial charge in [0.05, 0.1) is 0 Å². The SMILES string of the molecule is Cc1ccc(CNC(=O)C(=O)Nc2ccc(N(C)C)cc2)cc1. The molecule has 5 heteroatoms. The Labute approximate surface area is 136 Å². The van der Waals surface area contributed by atoms with Gasteiger partial charge in [-0.25, -0.2) is 0 Å². The van der Waals surface area contributed by atoms with Gasteiger partial charge < -0.3 is 15.5 Å². The predicted octanol–water partition coefficient (Wildman–Crippen LogP) is 2.32. The first-order chi connectivity index (χ1) is 11.0. The number of nitrogens with one attached hydrogen (secondary N) is 2. The van der Waals surface area contributed by atoms with Crippen molar-refractivity contribution in [2.24, 2.45) is 0 Å². The Balaban J connectivity index is 1.87. The number of benzene rings is 2. The molecule has 0 atom stereocenters. The van der Waals surface area contributed by atoms with E-state index >= 15 is 0 Å². The van der Waals surface area contributed by atoms with Gasteiger partial charge in [-0.3, -0.25) is 9.59 Å². The molecule has 23 heavy (non-hydrogen) atoms. The molecule has 0 radical (unpaired) electrons. The van der Waals surface area contributed by atoms with E-state index in [1.165, 1.54) is 0 Å². The number of carbonyl (C=O) groups is 2. The first-order valence-corrected chi connectivity index (χ1v) is 7.38. The van der Waals surface area contributed by atoms with Gasteiger partial charge in [-0.05, 0) is 36.8 Å². The minimum atomic E-state index is -0.672. The fourth-order valence-corrected chi connectivity index (χ4v) is 2.00. The molecule has 0 saturated heterocycles. The number of hydrogen-bond donors (Lipinski definition) is 2. The first-order valence-electron chi connectivity index (χ1n) is 7.38. The lowest BCUT2D eigenvalue weighted by atomic mass is 10.1. The number of amides is 2. The van der Waals surface area contributed by atoms with Crippen LogP contribution in [0.1, 0.15) is 11.1 Å². The summed E-state index contributed by atoms with van der Waals surface area (Å²) < 4.78 is 0. The monoisotopic (exact) mass is 311 g/mol. The third-order valence-corrected chi connectivity index (χ3v) is 3.42. The van der Waals surface area contributed by atoms with Gasteiger partial charge >= 0.3 is 11.8 Å². The lowest BCUT2D eigenvalue weighted by Gasteiger charge is -2.13. The summed E-state index contributed by atoms with van der Waals surface area (Å²) in [6.45, 7) is 2.32. The van der Waals surface area contributed by atoms with Gasteiger partial charge in [0.2, 0.25) is 0 Å². The fraction of sp³-hybridized carbons (Fsp3) is 0.222. The molecule has 0 aliphatic heterocycles. The quantitative estimate of drug-likeness (QED) is 0.852. The lowest BCUT2D eigenvalue weighted by Crippen LogP contribution is -2.34. The third-order valence-electron chi connectivity index (χ3n) is 3.42. The topological polar surface area (TPSA) is 61.4 Å². The standard InChI is InChI=1S/C18H21N3O2/c1-13-4-6-14(7-5-13)12-19-17(22)18(23)20-15-8-10-16(11-9-15)21(2)3/h4-11H,12H2,1-3H3,(H,19,22)(H,20,23). The van der Waals surface area contributed by atoms with E-state index in [1.54, 1.807) is 12.1 Å². The van der Waals surface area contributed by atoms with Gasteiger partial charge in [-0.1, -0.05) is 29.8 Å². The Kier molecular flexibility index (Phi) is 5.36. The van der Waals surface area contributed by atoms with Gasteiger partial charge in [-0.2, -0.15) is 0 Å². The van der Waals surface area contributed by atoms with E-state index in [9.17, 15) is 9.59 Å². The van der Waals surface area contributed by atoms with Crippen LogP contribution in [-0.2, 0) is 16.1 Å². The van der Waals surface area contributed by atoms with Crippen molar-refractivity contribution in [1.29, 1.82) is 0 Å². The van der Waals surface area contributed by atoms with E-state index in [2.05, 4.69) is 10.6 Å². The summed E-state index contributed by atoms with van der Waals surface area (Å²) in [6, 6.07) is 15.1. The van der Waals surface area contributed by atoms with Gasteiger partial charge in [0, 0.05) is 32.0 Å². The number of aryl methyl sites for hydroxylation is 1. The second kappa shape index (κ2) is 7.45. The maximum Gasteiger partial charge on any atom is 0.313 e. The van der Waals surface area contributed by atoms with Crippen LogP contribution in [0.15, 0.2) is 48.5 Å². The second-order valence-electron chi connectivity index (χ2n) is 5.56. The normalized spacial score (nSPS) is 10.0. The van der Waals surface area contributed by atoms with E-state index in [0.717, 1.165) is 16.8 Å². The Bertz CT molecular complexity index is 676. The molecule has 0 saturated carbocycles. The largest absolute Gasteiger partial charge is 0.378 e. The molecule has 2 N–H and O–H groups in total. The summed E-state index contributed by atoms with van der Waals surface area (Å²) in [7, 11) is 3.87. The number of carbonyl (C=O) groups excluding carboxylic acids is 2. The number of rotatable bonds is 4. The summed E-state index contributed by atoms with van der Waals surface area (Å²) in [6.07, 6.45) is 0. The van der Waals surface area contributed by atoms with Crippen molar-refractivity contribution in [1.82, 2.24) is 5.32 Å². The summed E-state index contributed by atoms with van der Waals surface area (Å²) in [5.41, 5.74) is 3.71. The smallest absolute Gasteiger partial charge is 0.313 e. The highest BCUT2D eigenvalue weighted by atomic mass is 16.2. The van der Waals surface area contributed by atoms with Crippen LogP contribution in [0.2, 0.25) is 0 Å². The molecule has 0 aliphatic carbocycles. The maximum atomic E-state index is 11.9. The highest BCUT2D eigenvalue weighted by molar-refractivity contribution is 6.39. The molecule has 2 aromatic carbocycles. The van der Waals surface area contributed by atoms with Gasteiger partial charge in [0.15, 0.2) is 0 Å².